The number of carboxylic acids is 1. The molecule has 8 heteroatoms. The Bertz CT molecular complexity index is 651. The first-order valence-electron chi connectivity index (χ1n) is 9.04. The summed E-state index contributed by atoms with van der Waals surface area (Å²) in [5, 5.41) is 12.0. The van der Waals surface area contributed by atoms with Crippen molar-refractivity contribution < 1.29 is 27.9 Å². The van der Waals surface area contributed by atoms with E-state index in [1.54, 1.807) is 0 Å². The number of nitrogens with one attached hydrogen (secondary N) is 1. The molecule has 1 saturated heterocycles. The average molecular weight is 386 g/mol. The number of nitrogens with zero attached hydrogens (tertiary/aromatic N) is 1. The molecule has 27 heavy (non-hydrogen) atoms. The van der Waals surface area contributed by atoms with Gasteiger partial charge in [-0.1, -0.05) is 43.7 Å². The minimum absolute atomic E-state index is 0.234. The summed E-state index contributed by atoms with van der Waals surface area (Å²) in [4.78, 5) is 25.2. The molecule has 0 radical (unpaired) electrons. The number of rotatable bonds is 7. The van der Waals surface area contributed by atoms with Gasteiger partial charge in [0.05, 0.1) is 23.9 Å². The number of carboxylic acid groups (broad SMARTS) is 1. The van der Waals surface area contributed by atoms with E-state index in [1.807, 2.05) is 37.3 Å². The molecule has 0 aromatic heterocycles. The van der Waals surface area contributed by atoms with Crippen LogP contribution in [0, 0.1) is 11.8 Å². The zero-order chi connectivity index (χ0) is 20.2. The van der Waals surface area contributed by atoms with Crippen LogP contribution in [-0.2, 0) is 9.59 Å². The standard InChI is InChI=1S/C19H25F3N2O3/c1-3-7-16(13-8-5-4-6-9-13)23-17(25)12(2)24-10-14(18(26)27)15(11-24)19(20,21)22/h4-6,8-9,12,14-16H,3,7,10-11H2,1-2H3,(H,23,25)(H,26,27)/t12?,14-,15-,16?/m1/s1. The van der Waals surface area contributed by atoms with Crippen molar-refractivity contribution in [3.63, 3.8) is 0 Å². The van der Waals surface area contributed by atoms with Crippen molar-refractivity contribution in [2.75, 3.05) is 13.1 Å². The van der Waals surface area contributed by atoms with E-state index in [1.165, 1.54) is 11.8 Å². The van der Waals surface area contributed by atoms with E-state index in [-0.39, 0.29) is 12.6 Å². The second-order valence-electron chi connectivity index (χ2n) is 6.98. The molecule has 0 aliphatic carbocycles. The Balaban J connectivity index is 2.08. The van der Waals surface area contributed by atoms with Crippen LogP contribution >= 0.6 is 0 Å². The highest BCUT2D eigenvalue weighted by atomic mass is 19.4. The number of carbonyl (C=O) groups is 2. The number of likely N-dealkylation sites (tertiary alicyclic amines) is 1. The maximum atomic E-state index is 13.2. The van der Waals surface area contributed by atoms with Gasteiger partial charge in [-0.2, -0.15) is 13.2 Å². The molecular weight excluding hydrogens is 361 g/mol. The summed E-state index contributed by atoms with van der Waals surface area (Å²) in [6, 6.07) is 8.29. The molecule has 1 aliphatic heterocycles. The normalized spacial score (nSPS) is 23.0. The number of aliphatic carboxylic acids is 1. The zero-order valence-corrected chi connectivity index (χ0v) is 15.4. The number of carbonyl (C=O) groups excluding carboxylic acids is 1. The highest BCUT2D eigenvalue weighted by molar-refractivity contribution is 5.82. The molecule has 0 saturated carbocycles. The van der Waals surface area contributed by atoms with Gasteiger partial charge in [0.15, 0.2) is 0 Å². The number of amides is 1. The van der Waals surface area contributed by atoms with Gasteiger partial charge in [-0.15, -0.1) is 0 Å². The Morgan fingerprint density at radius 1 is 1.26 bits per heavy atom. The van der Waals surface area contributed by atoms with Crippen LogP contribution in [0.15, 0.2) is 30.3 Å². The van der Waals surface area contributed by atoms with Crippen LogP contribution in [0.25, 0.3) is 0 Å². The minimum Gasteiger partial charge on any atom is -0.481 e. The maximum absolute atomic E-state index is 13.2. The van der Waals surface area contributed by atoms with Gasteiger partial charge in [-0.05, 0) is 18.9 Å². The second-order valence-corrected chi connectivity index (χ2v) is 6.98. The van der Waals surface area contributed by atoms with Crippen LogP contribution in [0.2, 0.25) is 0 Å². The van der Waals surface area contributed by atoms with Crippen LogP contribution in [0.5, 0.6) is 0 Å². The fraction of sp³-hybridized carbons (Fsp3) is 0.579. The van der Waals surface area contributed by atoms with Crippen LogP contribution in [0.1, 0.15) is 38.3 Å². The lowest BCUT2D eigenvalue weighted by molar-refractivity contribution is -0.188. The molecule has 1 aliphatic rings. The van der Waals surface area contributed by atoms with Crippen molar-refractivity contribution in [2.45, 2.75) is 44.9 Å². The summed E-state index contributed by atoms with van der Waals surface area (Å²) in [5.41, 5.74) is 0.929. The van der Waals surface area contributed by atoms with Crippen molar-refractivity contribution in [1.29, 1.82) is 0 Å². The molecule has 1 amide bonds. The number of hydrogen-bond donors (Lipinski definition) is 2. The van der Waals surface area contributed by atoms with Gasteiger partial charge >= 0.3 is 12.1 Å². The van der Waals surface area contributed by atoms with Gasteiger partial charge in [0.2, 0.25) is 5.91 Å². The maximum Gasteiger partial charge on any atom is 0.393 e. The number of benzene rings is 1. The molecule has 4 atom stereocenters. The first-order valence-corrected chi connectivity index (χ1v) is 9.04. The largest absolute Gasteiger partial charge is 0.481 e. The predicted octanol–water partition coefficient (Wildman–Crippen LogP) is 3.23. The van der Waals surface area contributed by atoms with Gasteiger partial charge in [0.1, 0.15) is 0 Å². The molecule has 1 aromatic carbocycles. The van der Waals surface area contributed by atoms with Gasteiger partial charge in [0, 0.05) is 13.1 Å². The predicted molar refractivity (Wildman–Crippen MR) is 93.9 cm³/mol. The average Bonchev–Trinajstić information content (AvgIpc) is 3.07. The summed E-state index contributed by atoms with van der Waals surface area (Å²) in [5.74, 6) is -5.41. The Morgan fingerprint density at radius 2 is 1.89 bits per heavy atom. The molecule has 150 valence electrons. The van der Waals surface area contributed by atoms with E-state index in [2.05, 4.69) is 5.32 Å². The number of halogens is 3. The monoisotopic (exact) mass is 386 g/mol. The van der Waals surface area contributed by atoms with Crippen molar-refractivity contribution >= 4 is 11.9 Å². The van der Waals surface area contributed by atoms with Crippen molar-refractivity contribution in [1.82, 2.24) is 10.2 Å². The smallest absolute Gasteiger partial charge is 0.393 e. The summed E-state index contributed by atoms with van der Waals surface area (Å²) >= 11 is 0. The molecule has 1 fully saturated rings. The molecule has 1 aromatic rings. The molecule has 1 heterocycles. The number of alkyl halides is 3. The lowest BCUT2D eigenvalue weighted by Gasteiger charge is -2.27. The first kappa shape index (κ1) is 21.2. The molecule has 5 nitrogen and oxygen atoms in total. The Morgan fingerprint density at radius 3 is 2.37 bits per heavy atom. The first-order chi connectivity index (χ1) is 12.6. The highest BCUT2D eigenvalue weighted by Crippen LogP contribution is 2.38. The van der Waals surface area contributed by atoms with Crippen molar-refractivity contribution in [3.05, 3.63) is 35.9 Å². The Kier molecular flexibility index (Phi) is 6.86. The Labute approximate surface area is 156 Å². The van der Waals surface area contributed by atoms with Crippen LogP contribution < -0.4 is 5.32 Å². The van der Waals surface area contributed by atoms with E-state index in [0.29, 0.717) is 6.42 Å². The molecule has 0 bridgehead atoms. The van der Waals surface area contributed by atoms with Crippen LogP contribution in [-0.4, -0.2) is 47.2 Å². The molecule has 2 N–H and O–H groups in total. The SMILES string of the molecule is CCCC(NC(=O)C(C)N1C[C@@H](C(F)(F)F)[C@H](C(=O)O)C1)c1ccccc1. The summed E-state index contributed by atoms with van der Waals surface area (Å²) in [7, 11) is 0. The van der Waals surface area contributed by atoms with E-state index in [0.717, 1.165) is 12.0 Å². The van der Waals surface area contributed by atoms with E-state index >= 15 is 0 Å². The molecular formula is C19H25F3N2O3. The van der Waals surface area contributed by atoms with E-state index < -0.39 is 42.5 Å². The molecule has 2 rings (SSSR count). The molecule has 0 spiro atoms. The summed E-state index contributed by atoms with van der Waals surface area (Å²) < 4.78 is 39.5. The Hall–Kier alpha value is -2.09. The fourth-order valence-electron chi connectivity index (χ4n) is 3.49. The van der Waals surface area contributed by atoms with Crippen LogP contribution in [0.4, 0.5) is 13.2 Å². The highest BCUT2D eigenvalue weighted by Gasteiger charge is 2.53. The van der Waals surface area contributed by atoms with Gasteiger partial charge < -0.3 is 10.4 Å². The fourth-order valence-corrected chi connectivity index (χ4v) is 3.49. The van der Waals surface area contributed by atoms with E-state index in [9.17, 15) is 22.8 Å². The van der Waals surface area contributed by atoms with Crippen molar-refractivity contribution in [2.24, 2.45) is 11.8 Å². The zero-order valence-electron chi connectivity index (χ0n) is 15.4. The second kappa shape index (κ2) is 8.73. The number of hydrogen-bond acceptors (Lipinski definition) is 3. The lowest BCUT2D eigenvalue weighted by Crippen LogP contribution is -2.45. The summed E-state index contributed by atoms with van der Waals surface area (Å²) in [6.07, 6.45) is -3.08. The third-order valence-corrected chi connectivity index (χ3v) is 5.11. The lowest BCUT2D eigenvalue weighted by atomic mass is 9.96. The van der Waals surface area contributed by atoms with Crippen molar-refractivity contribution in [3.8, 4) is 0 Å². The quantitative estimate of drug-likeness (QED) is 0.755. The third-order valence-electron chi connectivity index (χ3n) is 5.11. The van der Waals surface area contributed by atoms with Gasteiger partial charge in [-0.3, -0.25) is 14.5 Å². The molecule has 2 unspecified atom stereocenters. The third kappa shape index (κ3) is 5.22. The minimum atomic E-state index is -4.61. The van der Waals surface area contributed by atoms with Gasteiger partial charge in [0.25, 0.3) is 0 Å². The summed E-state index contributed by atoms with van der Waals surface area (Å²) in [6.45, 7) is 2.72. The topological polar surface area (TPSA) is 69.6 Å². The van der Waals surface area contributed by atoms with Gasteiger partial charge in [-0.25, -0.2) is 0 Å². The van der Waals surface area contributed by atoms with Crippen LogP contribution in [0.3, 0.4) is 0 Å². The van der Waals surface area contributed by atoms with E-state index in [4.69, 9.17) is 5.11 Å².